The number of nitrogen functional groups attached to an aromatic ring is 1. The molecule has 1 atom stereocenters. The highest BCUT2D eigenvalue weighted by molar-refractivity contribution is 6.31. The second kappa shape index (κ2) is 7.79. The van der Waals surface area contributed by atoms with E-state index >= 15 is 0 Å². The first-order chi connectivity index (χ1) is 11.4. The molecule has 0 amide bonds. The second-order valence-electron chi connectivity index (χ2n) is 5.07. The molecule has 2 aromatic rings. The van der Waals surface area contributed by atoms with Gasteiger partial charge in [0.15, 0.2) is 11.6 Å². The van der Waals surface area contributed by atoms with Crippen LogP contribution in [-0.4, -0.2) is 10.8 Å². The zero-order valence-electron chi connectivity index (χ0n) is 13.3. The average Bonchev–Trinajstić information content (AvgIpc) is 2.53. The molecule has 24 heavy (non-hydrogen) atoms. The number of pyridine rings is 1. The number of aromatic nitrogens is 1. The van der Waals surface area contributed by atoms with Crippen molar-refractivity contribution in [3.05, 3.63) is 59.0 Å². The molecule has 1 heterocycles. The first-order valence-corrected chi connectivity index (χ1v) is 7.64. The maximum absolute atomic E-state index is 13.4. The molecule has 0 spiro atoms. The van der Waals surface area contributed by atoms with Gasteiger partial charge >= 0.3 is 0 Å². The molecule has 0 radical (unpaired) electrons. The molecule has 0 aliphatic rings. The van der Waals surface area contributed by atoms with E-state index in [4.69, 9.17) is 27.5 Å². The van der Waals surface area contributed by atoms with Crippen LogP contribution in [0.15, 0.2) is 42.6 Å². The van der Waals surface area contributed by atoms with Crippen LogP contribution in [0.25, 0.3) is 0 Å². The van der Waals surface area contributed by atoms with E-state index in [-0.39, 0.29) is 11.7 Å². The molecular formula is C17H18ClFN4O. The van der Waals surface area contributed by atoms with Gasteiger partial charge in [-0.05, 0) is 38.1 Å². The summed E-state index contributed by atoms with van der Waals surface area (Å²) < 4.78 is 19.2. The third-order valence-electron chi connectivity index (χ3n) is 3.19. The Bertz CT molecular complexity index is 779. The summed E-state index contributed by atoms with van der Waals surface area (Å²) in [7, 11) is 0. The first kappa shape index (κ1) is 17.7. The molecule has 0 saturated carbocycles. The summed E-state index contributed by atoms with van der Waals surface area (Å²) in [5.74, 6) is 0.320. The fourth-order valence-electron chi connectivity index (χ4n) is 2.06. The predicted octanol–water partition coefficient (Wildman–Crippen LogP) is 4.56. The maximum atomic E-state index is 13.4. The quantitative estimate of drug-likeness (QED) is 0.546. The standard InChI is InChI=1S/C17H18ClFN4O/c1-3-4-16(20)23-12-8-15(17(21)22-9-12)24-10(2)13-7-11(19)5-6-14(13)18/h3-10H,1-2H3,(H2,20,23)(H2,21,22)/b4-3+. The number of nitrogens with two attached hydrogens (primary N) is 1. The zero-order chi connectivity index (χ0) is 17.7. The minimum atomic E-state index is -0.525. The van der Waals surface area contributed by atoms with Gasteiger partial charge < -0.3 is 15.8 Å². The molecule has 0 fully saturated rings. The van der Waals surface area contributed by atoms with Crippen molar-refractivity contribution in [3.63, 3.8) is 0 Å². The number of nitrogens with zero attached hydrogens (tertiary/aromatic N) is 1. The van der Waals surface area contributed by atoms with Gasteiger partial charge in [-0.15, -0.1) is 0 Å². The average molecular weight is 349 g/mol. The van der Waals surface area contributed by atoms with Gasteiger partial charge in [-0.3, -0.25) is 5.41 Å². The third-order valence-corrected chi connectivity index (χ3v) is 3.54. The number of ether oxygens (including phenoxy) is 1. The summed E-state index contributed by atoms with van der Waals surface area (Å²) in [6, 6.07) is 5.71. The summed E-state index contributed by atoms with van der Waals surface area (Å²) in [5.41, 5.74) is 6.90. The molecule has 4 N–H and O–H groups in total. The number of nitrogens with one attached hydrogen (secondary N) is 2. The number of benzene rings is 1. The number of anilines is 2. The van der Waals surface area contributed by atoms with Gasteiger partial charge in [0.25, 0.3) is 0 Å². The number of hydrogen-bond acceptors (Lipinski definition) is 4. The van der Waals surface area contributed by atoms with Crippen LogP contribution in [-0.2, 0) is 0 Å². The molecule has 0 aliphatic carbocycles. The van der Waals surface area contributed by atoms with Gasteiger partial charge in [0, 0.05) is 16.7 Å². The van der Waals surface area contributed by atoms with Gasteiger partial charge in [-0.2, -0.15) is 0 Å². The Kier molecular flexibility index (Phi) is 5.76. The van der Waals surface area contributed by atoms with Gasteiger partial charge in [-0.1, -0.05) is 17.7 Å². The van der Waals surface area contributed by atoms with Crippen molar-refractivity contribution < 1.29 is 9.13 Å². The van der Waals surface area contributed by atoms with Crippen LogP contribution in [0.5, 0.6) is 5.75 Å². The lowest BCUT2D eigenvalue weighted by Gasteiger charge is -2.18. The van der Waals surface area contributed by atoms with E-state index in [1.165, 1.54) is 24.4 Å². The fourth-order valence-corrected chi connectivity index (χ4v) is 2.33. The smallest absolute Gasteiger partial charge is 0.166 e. The van der Waals surface area contributed by atoms with Crippen LogP contribution >= 0.6 is 11.6 Å². The van der Waals surface area contributed by atoms with Crippen molar-refractivity contribution in [2.75, 3.05) is 11.1 Å². The van der Waals surface area contributed by atoms with Crippen molar-refractivity contribution in [1.82, 2.24) is 4.98 Å². The molecule has 2 rings (SSSR count). The Morgan fingerprint density at radius 3 is 2.92 bits per heavy atom. The maximum Gasteiger partial charge on any atom is 0.166 e. The Morgan fingerprint density at radius 2 is 2.21 bits per heavy atom. The van der Waals surface area contributed by atoms with Crippen LogP contribution in [0, 0.1) is 11.2 Å². The topological polar surface area (TPSA) is 84.0 Å². The van der Waals surface area contributed by atoms with E-state index in [0.717, 1.165) is 0 Å². The van der Waals surface area contributed by atoms with E-state index in [9.17, 15) is 4.39 Å². The lowest BCUT2D eigenvalue weighted by Crippen LogP contribution is -2.10. The monoisotopic (exact) mass is 348 g/mol. The Hall–Kier alpha value is -2.60. The number of rotatable bonds is 5. The minimum Gasteiger partial charge on any atom is -0.482 e. The number of halogens is 2. The third kappa shape index (κ3) is 4.45. The van der Waals surface area contributed by atoms with Crippen LogP contribution in [0.1, 0.15) is 25.5 Å². The molecule has 0 bridgehead atoms. The molecular weight excluding hydrogens is 331 g/mol. The van der Waals surface area contributed by atoms with E-state index < -0.39 is 11.9 Å². The summed E-state index contributed by atoms with van der Waals surface area (Å²) in [6.07, 6.45) is 4.32. The summed E-state index contributed by atoms with van der Waals surface area (Å²) >= 11 is 6.09. The van der Waals surface area contributed by atoms with Crippen LogP contribution < -0.4 is 15.8 Å². The number of amidine groups is 1. The van der Waals surface area contributed by atoms with Crippen molar-refractivity contribution in [1.29, 1.82) is 5.41 Å². The Morgan fingerprint density at radius 1 is 1.46 bits per heavy atom. The van der Waals surface area contributed by atoms with Crippen molar-refractivity contribution >= 4 is 28.9 Å². The van der Waals surface area contributed by atoms with Gasteiger partial charge in [0.2, 0.25) is 0 Å². The molecule has 1 aromatic carbocycles. The lowest BCUT2D eigenvalue weighted by atomic mass is 10.1. The van der Waals surface area contributed by atoms with Gasteiger partial charge in [-0.25, -0.2) is 9.37 Å². The van der Waals surface area contributed by atoms with E-state index in [1.807, 2.05) is 6.92 Å². The normalized spacial score (nSPS) is 12.2. The SMILES string of the molecule is C/C=C/C(=N)Nc1cnc(N)c(OC(C)c2cc(F)ccc2Cl)c1. The molecule has 126 valence electrons. The molecule has 0 saturated heterocycles. The van der Waals surface area contributed by atoms with Crippen molar-refractivity contribution in [2.45, 2.75) is 20.0 Å². The van der Waals surface area contributed by atoms with Gasteiger partial charge in [0.1, 0.15) is 17.8 Å². The largest absolute Gasteiger partial charge is 0.482 e. The minimum absolute atomic E-state index is 0.192. The highest BCUT2D eigenvalue weighted by Crippen LogP contribution is 2.31. The first-order valence-electron chi connectivity index (χ1n) is 7.26. The molecule has 0 aliphatic heterocycles. The van der Waals surface area contributed by atoms with Gasteiger partial charge in [0.05, 0.1) is 11.9 Å². The summed E-state index contributed by atoms with van der Waals surface area (Å²) in [4.78, 5) is 4.04. The van der Waals surface area contributed by atoms with Crippen molar-refractivity contribution in [2.24, 2.45) is 0 Å². The molecule has 1 aromatic heterocycles. The zero-order valence-corrected chi connectivity index (χ0v) is 14.1. The Balaban J connectivity index is 2.22. The van der Waals surface area contributed by atoms with Crippen LogP contribution in [0.4, 0.5) is 15.9 Å². The number of hydrogen-bond donors (Lipinski definition) is 3. The van der Waals surface area contributed by atoms with E-state index in [2.05, 4.69) is 10.3 Å². The second-order valence-corrected chi connectivity index (χ2v) is 5.48. The van der Waals surface area contributed by atoms with E-state index in [0.29, 0.717) is 22.0 Å². The number of allylic oxidation sites excluding steroid dienone is 1. The fraction of sp³-hybridized carbons (Fsp3) is 0.176. The molecule has 5 nitrogen and oxygen atoms in total. The molecule has 1 unspecified atom stereocenters. The van der Waals surface area contributed by atoms with Crippen molar-refractivity contribution in [3.8, 4) is 5.75 Å². The van der Waals surface area contributed by atoms with E-state index in [1.54, 1.807) is 25.1 Å². The summed E-state index contributed by atoms with van der Waals surface area (Å²) in [6.45, 7) is 3.55. The highest BCUT2D eigenvalue weighted by Gasteiger charge is 2.15. The molecule has 7 heteroatoms. The Labute approximate surface area is 144 Å². The van der Waals surface area contributed by atoms with Crippen LogP contribution in [0.3, 0.4) is 0 Å². The van der Waals surface area contributed by atoms with Crippen LogP contribution in [0.2, 0.25) is 5.02 Å². The summed E-state index contributed by atoms with van der Waals surface area (Å²) in [5, 5.41) is 11.0. The highest BCUT2D eigenvalue weighted by atomic mass is 35.5. The predicted molar refractivity (Wildman–Crippen MR) is 95.3 cm³/mol. The lowest BCUT2D eigenvalue weighted by molar-refractivity contribution is 0.227.